The minimum absolute atomic E-state index is 0.222. The molecule has 9 heteroatoms. The molecule has 136 valence electrons. The van der Waals surface area contributed by atoms with Gasteiger partial charge in [-0.1, -0.05) is 6.07 Å². The van der Waals surface area contributed by atoms with Crippen LogP contribution in [-0.2, 0) is 13.1 Å². The fourth-order valence-electron chi connectivity index (χ4n) is 3.24. The number of aryl methyl sites for hydroxylation is 1. The highest BCUT2D eigenvalue weighted by Gasteiger charge is 2.14. The summed E-state index contributed by atoms with van der Waals surface area (Å²) in [6, 6.07) is 9.82. The lowest BCUT2D eigenvalue weighted by Gasteiger charge is -2.13. The zero-order chi connectivity index (χ0) is 18.2. The number of hydrogen-bond acceptors (Lipinski definition) is 7. The largest absolute Gasteiger partial charge is 0.478 e. The van der Waals surface area contributed by atoms with Crippen molar-refractivity contribution in [2.75, 3.05) is 17.7 Å². The molecule has 0 aliphatic carbocycles. The van der Waals surface area contributed by atoms with Crippen LogP contribution in [-0.4, -0.2) is 36.6 Å². The summed E-state index contributed by atoms with van der Waals surface area (Å²) in [6.45, 7) is 2.15. The van der Waals surface area contributed by atoms with Crippen LogP contribution < -0.4 is 15.8 Å². The second kappa shape index (κ2) is 6.27. The van der Waals surface area contributed by atoms with Gasteiger partial charge in [0.2, 0.25) is 11.8 Å². The van der Waals surface area contributed by atoms with Gasteiger partial charge in [-0.25, -0.2) is 9.67 Å². The van der Waals surface area contributed by atoms with Crippen molar-refractivity contribution in [2.24, 2.45) is 0 Å². The zero-order valence-corrected chi connectivity index (χ0v) is 14.5. The summed E-state index contributed by atoms with van der Waals surface area (Å²) in [4.78, 5) is 8.73. The van der Waals surface area contributed by atoms with Crippen molar-refractivity contribution in [1.82, 2.24) is 29.9 Å². The predicted octanol–water partition coefficient (Wildman–Crippen LogP) is 2.19. The first-order chi connectivity index (χ1) is 13.3. The van der Waals surface area contributed by atoms with Crippen molar-refractivity contribution in [1.29, 1.82) is 0 Å². The summed E-state index contributed by atoms with van der Waals surface area (Å²) in [5, 5.41) is 15.7. The molecule has 0 radical (unpaired) electrons. The highest BCUT2D eigenvalue weighted by molar-refractivity contribution is 5.92. The molecule has 27 heavy (non-hydrogen) atoms. The Morgan fingerprint density at radius 3 is 3.04 bits per heavy atom. The number of fused-ring (bicyclic) bond motifs is 2. The number of nitrogens with one attached hydrogen (secondary N) is 2. The van der Waals surface area contributed by atoms with Crippen LogP contribution in [0.15, 0.2) is 36.5 Å². The number of aromatic nitrogens is 6. The number of nitrogens with zero attached hydrogens (tertiary/aromatic N) is 5. The van der Waals surface area contributed by atoms with Gasteiger partial charge >= 0.3 is 0 Å². The van der Waals surface area contributed by atoms with E-state index in [2.05, 4.69) is 30.6 Å². The van der Waals surface area contributed by atoms with Gasteiger partial charge in [-0.3, -0.25) is 5.10 Å². The molecule has 0 saturated heterocycles. The topological polar surface area (TPSA) is 120 Å². The Hall–Kier alpha value is -3.62. The van der Waals surface area contributed by atoms with Gasteiger partial charge in [0.15, 0.2) is 0 Å². The van der Waals surface area contributed by atoms with Gasteiger partial charge in [-0.2, -0.15) is 15.2 Å². The minimum Gasteiger partial charge on any atom is -0.478 e. The Kier molecular flexibility index (Phi) is 3.63. The van der Waals surface area contributed by atoms with E-state index in [9.17, 15) is 0 Å². The fourth-order valence-corrected chi connectivity index (χ4v) is 3.24. The Bertz CT molecular complexity index is 1080. The lowest BCUT2D eigenvalue weighted by atomic mass is 10.1. The van der Waals surface area contributed by atoms with Crippen LogP contribution in [0.5, 0.6) is 5.88 Å². The second-order valence-electron chi connectivity index (χ2n) is 6.39. The van der Waals surface area contributed by atoms with Gasteiger partial charge in [-0.15, -0.1) is 0 Å². The highest BCUT2D eigenvalue weighted by Crippen LogP contribution is 2.27. The maximum absolute atomic E-state index is 5.92. The van der Waals surface area contributed by atoms with Crippen molar-refractivity contribution >= 4 is 22.7 Å². The normalized spacial score (nSPS) is 13.3. The predicted molar refractivity (Wildman–Crippen MR) is 101 cm³/mol. The van der Waals surface area contributed by atoms with Gasteiger partial charge in [0.05, 0.1) is 30.1 Å². The Balaban J connectivity index is 1.44. The monoisotopic (exact) mass is 362 g/mol. The van der Waals surface area contributed by atoms with Crippen LogP contribution in [0.1, 0.15) is 12.1 Å². The number of nitrogens with two attached hydrogens (primary N) is 1. The molecule has 4 aromatic rings. The molecule has 1 aliphatic heterocycles. The number of benzene rings is 1. The molecule has 3 aromatic heterocycles. The van der Waals surface area contributed by atoms with E-state index >= 15 is 0 Å². The number of hydrogen-bond donors (Lipinski definition) is 3. The smallest absolute Gasteiger partial charge is 0.222 e. The Morgan fingerprint density at radius 1 is 1.22 bits per heavy atom. The molecule has 1 aliphatic rings. The van der Waals surface area contributed by atoms with Gasteiger partial charge in [0.1, 0.15) is 5.82 Å². The average molecular weight is 362 g/mol. The number of anilines is 2. The van der Waals surface area contributed by atoms with Crippen LogP contribution in [0.4, 0.5) is 11.8 Å². The molecule has 0 atom stereocenters. The molecule has 9 nitrogen and oxygen atoms in total. The van der Waals surface area contributed by atoms with Crippen LogP contribution in [0.25, 0.3) is 22.2 Å². The fraction of sp³-hybridized carbons (Fsp3) is 0.222. The summed E-state index contributed by atoms with van der Waals surface area (Å²) in [5.41, 5.74) is 9.49. The average Bonchev–Trinajstić information content (AvgIpc) is 3.35. The summed E-state index contributed by atoms with van der Waals surface area (Å²) < 4.78 is 7.51. The molecule has 4 N–H and O–H groups in total. The molecule has 0 saturated carbocycles. The van der Waals surface area contributed by atoms with Crippen LogP contribution in [0.3, 0.4) is 0 Å². The molecule has 5 rings (SSSR count). The molecule has 0 fully saturated rings. The standard InChI is InChI=1S/C18H18N8O/c19-18-22-15-8-11(14-4-5-21-24-14)2-3-13(15)17(23-18)20-10-12-9-16-26(25-12)6-1-7-27-16/h2-5,8-9H,1,6-7,10H2,(H,21,24)(H3,19,20,22,23). The first kappa shape index (κ1) is 15.6. The van der Waals surface area contributed by atoms with E-state index in [1.54, 1.807) is 6.20 Å². The third-order valence-electron chi connectivity index (χ3n) is 4.52. The van der Waals surface area contributed by atoms with Crippen LogP contribution in [0.2, 0.25) is 0 Å². The maximum atomic E-state index is 5.92. The number of H-pyrrole nitrogens is 1. The summed E-state index contributed by atoms with van der Waals surface area (Å²) in [5.74, 6) is 1.72. The van der Waals surface area contributed by atoms with Crippen LogP contribution in [0, 0.1) is 0 Å². The molecule has 4 heterocycles. The van der Waals surface area contributed by atoms with Gasteiger partial charge < -0.3 is 15.8 Å². The third kappa shape index (κ3) is 2.92. The first-order valence-electron chi connectivity index (χ1n) is 8.77. The molecular formula is C18H18N8O. The lowest BCUT2D eigenvalue weighted by Crippen LogP contribution is -2.14. The SMILES string of the molecule is Nc1nc(NCc2cc3n(n2)CCCO3)c2ccc(-c3ccn[nH]3)cc2n1. The van der Waals surface area contributed by atoms with Crippen molar-refractivity contribution in [3.63, 3.8) is 0 Å². The zero-order valence-electron chi connectivity index (χ0n) is 14.5. The lowest BCUT2D eigenvalue weighted by molar-refractivity contribution is 0.230. The van der Waals surface area contributed by atoms with E-state index in [4.69, 9.17) is 10.5 Å². The number of aromatic amines is 1. The highest BCUT2D eigenvalue weighted by atomic mass is 16.5. The summed E-state index contributed by atoms with van der Waals surface area (Å²) in [7, 11) is 0. The minimum atomic E-state index is 0.222. The molecule has 0 amide bonds. The van der Waals surface area contributed by atoms with Gasteiger partial charge in [-0.05, 0) is 18.2 Å². The molecule has 0 bridgehead atoms. The molecule has 1 aromatic carbocycles. The van der Waals surface area contributed by atoms with Crippen molar-refractivity contribution in [3.05, 3.63) is 42.2 Å². The molecule has 0 spiro atoms. The quantitative estimate of drug-likeness (QED) is 0.509. The van der Waals surface area contributed by atoms with E-state index in [1.165, 1.54) is 0 Å². The number of nitrogen functional groups attached to an aromatic ring is 1. The van der Waals surface area contributed by atoms with E-state index < -0.39 is 0 Å². The molecular weight excluding hydrogens is 344 g/mol. The van der Waals surface area contributed by atoms with E-state index in [1.807, 2.05) is 35.0 Å². The third-order valence-corrected chi connectivity index (χ3v) is 4.52. The van der Waals surface area contributed by atoms with E-state index in [0.717, 1.165) is 53.3 Å². The Morgan fingerprint density at radius 2 is 2.19 bits per heavy atom. The van der Waals surface area contributed by atoms with Crippen LogP contribution >= 0.6 is 0 Å². The number of ether oxygens (including phenoxy) is 1. The van der Waals surface area contributed by atoms with Crippen molar-refractivity contribution < 1.29 is 4.74 Å². The summed E-state index contributed by atoms with van der Waals surface area (Å²) in [6.07, 6.45) is 2.70. The second-order valence-corrected chi connectivity index (χ2v) is 6.39. The van der Waals surface area contributed by atoms with E-state index in [-0.39, 0.29) is 5.95 Å². The van der Waals surface area contributed by atoms with Gasteiger partial charge in [0, 0.05) is 36.2 Å². The van der Waals surface area contributed by atoms with Crippen molar-refractivity contribution in [3.8, 4) is 17.1 Å². The number of rotatable bonds is 4. The molecule has 0 unspecified atom stereocenters. The first-order valence-corrected chi connectivity index (χ1v) is 8.77. The maximum Gasteiger partial charge on any atom is 0.222 e. The van der Waals surface area contributed by atoms with E-state index in [0.29, 0.717) is 12.4 Å². The van der Waals surface area contributed by atoms with Gasteiger partial charge in [0.25, 0.3) is 0 Å². The van der Waals surface area contributed by atoms with Crippen molar-refractivity contribution in [2.45, 2.75) is 19.5 Å². The summed E-state index contributed by atoms with van der Waals surface area (Å²) >= 11 is 0. The Labute approximate surface area is 154 Å².